The highest BCUT2D eigenvalue weighted by molar-refractivity contribution is 6.37. The average Bonchev–Trinajstić information content (AvgIpc) is 2.29. The van der Waals surface area contributed by atoms with Crippen molar-refractivity contribution in [1.82, 2.24) is 0 Å². The second kappa shape index (κ2) is 7.65. The van der Waals surface area contributed by atoms with Gasteiger partial charge < -0.3 is 9.47 Å². The highest BCUT2D eigenvalue weighted by atomic mass is 28.2. The van der Waals surface area contributed by atoms with E-state index in [4.69, 9.17) is 9.47 Å². The van der Waals surface area contributed by atoms with Gasteiger partial charge in [0.05, 0.1) is 16.1 Å². The van der Waals surface area contributed by atoms with E-state index in [1.54, 1.807) is 0 Å². The minimum Gasteiger partial charge on any atom is -0.463 e. The number of hydrogen-bond acceptors (Lipinski definition) is 3. The Hall–Kier alpha value is -0.613. The van der Waals surface area contributed by atoms with E-state index in [2.05, 4.69) is 6.58 Å². The first-order valence-electron chi connectivity index (χ1n) is 5.73. The minimum absolute atomic E-state index is 0.125. The predicted octanol–water partition coefficient (Wildman–Crippen LogP) is 1.22. The van der Waals surface area contributed by atoms with Gasteiger partial charge in [-0.15, -0.1) is 0 Å². The highest BCUT2D eigenvalue weighted by Gasteiger charge is 2.13. The third-order valence-corrected chi connectivity index (χ3v) is 4.80. The molecule has 0 amide bonds. The summed E-state index contributed by atoms with van der Waals surface area (Å²) in [6.45, 7) is 4.83. The summed E-state index contributed by atoms with van der Waals surface area (Å²) >= 11 is 0. The van der Waals surface area contributed by atoms with Gasteiger partial charge in [-0.2, -0.15) is 0 Å². The van der Waals surface area contributed by atoms with E-state index in [-0.39, 0.29) is 15.5 Å². The fourth-order valence-electron chi connectivity index (χ4n) is 1.74. The lowest BCUT2D eigenvalue weighted by atomic mass is 10.2. The van der Waals surface area contributed by atoms with Crippen LogP contribution in [0.15, 0.2) is 12.7 Å². The lowest BCUT2D eigenvalue weighted by molar-refractivity contribution is -0.137. The van der Waals surface area contributed by atoms with Gasteiger partial charge in [-0.05, 0) is 25.7 Å². The monoisotopic (exact) mass is 228 g/mol. The van der Waals surface area contributed by atoms with E-state index in [9.17, 15) is 4.79 Å². The predicted molar refractivity (Wildman–Crippen MR) is 62.7 cm³/mol. The molecule has 0 N–H and O–H groups in total. The Morgan fingerprint density at radius 2 is 2.47 bits per heavy atom. The van der Waals surface area contributed by atoms with Crippen LogP contribution in [0.5, 0.6) is 0 Å². The summed E-state index contributed by atoms with van der Waals surface area (Å²) in [4.78, 5) is 10.7. The van der Waals surface area contributed by atoms with Crippen LogP contribution in [0.2, 0.25) is 6.04 Å². The molecular formula is C11H20O3Si. The minimum atomic E-state index is -0.314. The molecule has 1 aliphatic rings. The molecule has 0 saturated carbocycles. The van der Waals surface area contributed by atoms with Crippen molar-refractivity contribution < 1.29 is 14.3 Å². The van der Waals surface area contributed by atoms with E-state index in [1.807, 2.05) is 0 Å². The molecule has 0 aliphatic carbocycles. The van der Waals surface area contributed by atoms with Gasteiger partial charge in [0.2, 0.25) is 0 Å². The molecule has 15 heavy (non-hydrogen) atoms. The second-order valence-electron chi connectivity index (χ2n) is 3.86. The molecule has 1 atom stereocenters. The molecular weight excluding hydrogens is 208 g/mol. The van der Waals surface area contributed by atoms with Crippen molar-refractivity contribution in [3.63, 3.8) is 0 Å². The number of rotatable bonds is 6. The van der Waals surface area contributed by atoms with Crippen LogP contribution >= 0.6 is 0 Å². The zero-order valence-electron chi connectivity index (χ0n) is 9.24. The average molecular weight is 228 g/mol. The van der Waals surface area contributed by atoms with E-state index < -0.39 is 0 Å². The molecule has 1 saturated heterocycles. The summed E-state index contributed by atoms with van der Waals surface area (Å²) in [5, 5.41) is 0. The molecule has 4 heteroatoms. The van der Waals surface area contributed by atoms with Crippen molar-refractivity contribution in [3.05, 3.63) is 12.7 Å². The summed E-state index contributed by atoms with van der Waals surface area (Å²) in [6.07, 6.45) is 5.98. The molecule has 1 heterocycles. The lowest BCUT2D eigenvalue weighted by Crippen LogP contribution is -2.25. The number of carbonyl (C=O) groups excluding carboxylic acids is 1. The van der Waals surface area contributed by atoms with Crippen LogP contribution in [-0.4, -0.2) is 34.4 Å². The van der Waals surface area contributed by atoms with Crippen LogP contribution in [0.3, 0.4) is 0 Å². The Balaban J connectivity index is 1.91. The van der Waals surface area contributed by atoms with Crippen LogP contribution in [0.25, 0.3) is 0 Å². The Morgan fingerprint density at radius 1 is 1.60 bits per heavy atom. The van der Waals surface area contributed by atoms with Crippen LogP contribution in [0, 0.1) is 0 Å². The largest absolute Gasteiger partial charge is 0.463 e. The third-order valence-electron chi connectivity index (χ3n) is 2.61. The van der Waals surface area contributed by atoms with Crippen LogP contribution in [0.4, 0.5) is 0 Å². The summed E-state index contributed by atoms with van der Waals surface area (Å²) < 4.78 is 10.6. The van der Waals surface area contributed by atoms with E-state index in [1.165, 1.54) is 31.4 Å². The third kappa shape index (κ3) is 5.74. The van der Waals surface area contributed by atoms with Gasteiger partial charge in [-0.1, -0.05) is 12.6 Å². The number of carbonyl (C=O) groups is 1. The first kappa shape index (κ1) is 12.5. The molecule has 0 spiro atoms. The normalized spacial score (nSPS) is 21.7. The molecule has 0 aromatic heterocycles. The second-order valence-corrected chi connectivity index (χ2v) is 6.05. The Kier molecular flexibility index (Phi) is 6.35. The zero-order chi connectivity index (χ0) is 10.9. The fraction of sp³-hybridized carbons (Fsp3) is 0.727. The van der Waals surface area contributed by atoms with Gasteiger partial charge >= 0.3 is 5.97 Å². The molecule has 86 valence electrons. The Bertz CT molecular complexity index is 200. The molecule has 0 radical (unpaired) electrons. The molecule has 3 nitrogen and oxygen atoms in total. The standard InChI is InChI=1S/C11H20O3Si/c1-2-10(12)13-8-5-9-15-11-6-3-4-7-14-11/h2,11H,1,3-9,15H2. The maximum absolute atomic E-state index is 10.7. The van der Waals surface area contributed by atoms with Crippen LogP contribution in [-0.2, 0) is 14.3 Å². The first-order chi connectivity index (χ1) is 7.33. The molecule has 0 aromatic carbocycles. The Morgan fingerprint density at radius 3 is 3.13 bits per heavy atom. The van der Waals surface area contributed by atoms with Gasteiger partial charge in [0, 0.05) is 18.4 Å². The van der Waals surface area contributed by atoms with Crippen molar-refractivity contribution in [3.8, 4) is 0 Å². The van der Waals surface area contributed by atoms with Crippen molar-refractivity contribution in [2.45, 2.75) is 37.5 Å². The first-order valence-corrected chi connectivity index (χ1v) is 7.55. The van der Waals surface area contributed by atoms with Crippen molar-refractivity contribution >= 4 is 15.5 Å². The topological polar surface area (TPSA) is 35.5 Å². The lowest BCUT2D eigenvalue weighted by Gasteiger charge is -2.21. The van der Waals surface area contributed by atoms with Gasteiger partial charge in [0.15, 0.2) is 0 Å². The molecule has 1 unspecified atom stereocenters. The number of hydrogen-bond donors (Lipinski definition) is 0. The van der Waals surface area contributed by atoms with Crippen molar-refractivity contribution in [1.29, 1.82) is 0 Å². The summed E-state index contributed by atoms with van der Waals surface area (Å²) in [7, 11) is -0.125. The van der Waals surface area contributed by atoms with E-state index in [0.717, 1.165) is 13.0 Å². The quantitative estimate of drug-likeness (QED) is 0.297. The van der Waals surface area contributed by atoms with Crippen LogP contribution < -0.4 is 0 Å². The van der Waals surface area contributed by atoms with Gasteiger partial charge in [0.1, 0.15) is 0 Å². The number of esters is 1. The van der Waals surface area contributed by atoms with E-state index >= 15 is 0 Å². The summed E-state index contributed by atoms with van der Waals surface area (Å²) in [5.74, 6) is -0.314. The fourth-order valence-corrected chi connectivity index (χ4v) is 3.60. The maximum atomic E-state index is 10.7. The number of ether oxygens (including phenoxy) is 2. The zero-order valence-corrected chi connectivity index (χ0v) is 10.7. The molecule has 1 rings (SSSR count). The maximum Gasteiger partial charge on any atom is 0.330 e. The molecule has 0 bridgehead atoms. The molecule has 1 fully saturated rings. The van der Waals surface area contributed by atoms with Crippen molar-refractivity contribution in [2.75, 3.05) is 13.2 Å². The Labute approximate surface area is 93.7 Å². The van der Waals surface area contributed by atoms with Gasteiger partial charge in [0.25, 0.3) is 0 Å². The molecule has 0 aromatic rings. The summed E-state index contributed by atoms with van der Waals surface area (Å²) in [5.41, 5.74) is 0.578. The van der Waals surface area contributed by atoms with Gasteiger partial charge in [-0.3, -0.25) is 0 Å². The van der Waals surface area contributed by atoms with E-state index in [0.29, 0.717) is 12.3 Å². The van der Waals surface area contributed by atoms with Crippen molar-refractivity contribution in [2.24, 2.45) is 0 Å². The smallest absolute Gasteiger partial charge is 0.330 e. The highest BCUT2D eigenvalue weighted by Crippen LogP contribution is 2.12. The SMILES string of the molecule is C=CC(=O)OCCC[SiH2]C1CCCCO1. The molecule has 1 aliphatic heterocycles. The summed E-state index contributed by atoms with van der Waals surface area (Å²) in [6, 6.07) is 1.20. The van der Waals surface area contributed by atoms with Gasteiger partial charge in [-0.25, -0.2) is 4.79 Å². The van der Waals surface area contributed by atoms with Crippen LogP contribution in [0.1, 0.15) is 25.7 Å².